The fraction of sp³-hybridized carbons (Fsp3) is 0.633. The second-order valence-electron chi connectivity index (χ2n) is 20.4. The molecule has 360 valence electrons. The van der Waals surface area contributed by atoms with Crippen molar-refractivity contribution >= 4 is 56.2 Å². The van der Waals surface area contributed by atoms with E-state index in [9.17, 15) is 22.8 Å². The van der Waals surface area contributed by atoms with Crippen LogP contribution < -0.4 is 20.1 Å². The lowest BCUT2D eigenvalue weighted by molar-refractivity contribution is -0.142. The Balaban J connectivity index is 1.22. The molecule has 0 spiro atoms. The number of hydrogen-bond acceptors (Lipinski definition) is 11. The average Bonchev–Trinajstić information content (AvgIpc) is 3.99. The van der Waals surface area contributed by atoms with Crippen LogP contribution in [0.15, 0.2) is 48.9 Å². The molecule has 7 rings (SSSR count). The Morgan fingerprint density at radius 2 is 1.77 bits per heavy atom. The molecule has 0 bridgehead atoms. The van der Waals surface area contributed by atoms with E-state index in [-0.39, 0.29) is 25.4 Å². The average molecular weight is 948 g/mol. The van der Waals surface area contributed by atoms with Crippen LogP contribution in [0.1, 0.15) is 150 Å². The van der Waals surface area contributed by atoms with Gasteiger partial charge in [-0.3, -0.25) is 23.7 Å². The Morgan fingerprint density at radius 3 is 2.41 bits per heavy atom. The third kappa shape index (κ3) is 10.4. The van der Waals surface area contributed by atoms with Crippen molar-refractivity contribution < 1.29 is 37.1 Å². The summed E-state index contributed by atoms with van der Waals surface area (Å²) in [5.41, 5.74) is 1.16. The van der Waals surface area contributed by atoms with Gasteiger partial charge in [-0.2, -0.15) is 4.98 Å². The zero-order valence-electron chi connectivity index (χ0n) is 39.7. The minimum absolute atomic E-state index is 0.0523. The largest absolute Gasteiger partial charge is 0.459 e. The number of para-hydroxylation sites is 1. The van der Waals surface area contributed by atoms with E-state index in [1.54, 1.807) is 39.0 Å². The molecule has 1 aromatic carbocycles. The third-order valence-corrected chi connectivity index (χ3v) is 16.9. The highest BCUT2D eigenvalue weighted by Gasteiger charge is 2.63. The zero-order valence-corrected chi connectivity index (χ0v) is 41.3. The van der Waals surface area contributed by atoms with Crippen LogP contribution in [-0.4, -0.2) is 92.3 Å². The SMILES string of the molecule is C=CCCCCC[C@H](NC(=O)OC(C)(C)C)C(=O)N1C[C@H](Oc2nc3c(-c4nc(C5CCCCC5)cs4)cccc3n2C(C)C)[C@@H](C)[C@H]1C(=O)N[C@]1(C(=O)NS(=O)(=O)C2(C)CC2)C[C@H]1C=C. The standard InChI is InChI=1S/C49H69N7O8S2/c1-10-12-13-14-18-23-35(51-46(60)64-47(6,7)8)43(58)55-28-38(31(5)40(55)41(57)53-49(27-33(49)11-2)44(59)54-66(61,62)48(9)25-26-48)63-45-52-39-34(22-19-24-37(39)56(45)30(3)4)42-50-36(29-65-42)32-20-16-15-17-21-32/h10-11,19,22,24,29-33,35,38,40H,1-2,12-18,20-21,23,25-28H2,3-9H3,(H,51,60)(H,53,57)(H,54,59)/t31-,33-,35+,38+,40+,49-/m1/s1. The lowest BCUT2D eigenvalue weighted by Crippen LogP contribution is -2.59. The van der Waals surface area contributed by atoms with Crippen molar-refractivity contribution in [2.75, 3.05) is 6.54 Å². The lowest BCUT2D eigenvalue weighted by Gasteiger charge is -2.31. The maximum absolute atomic E-state index is 15.0. The van der Waals surface area contributed by atoms with E-state index in [0.717, 1.165) is 59.4 Å². The zero-order chi connectivity index (χ0) is 47.8. The number of ether oxygens (including phenoxy) is 2. The predicted octanol–water partition coefficient (Wildman–Crippen LogP) is 8.47. The Hall–Kier alpha value is -4.77. The second kappa shape index (κ2) is 19.4. The number of fused-ring (bicyclic) bond motifs is 1. The normalized spacial score (nSPS) is 24.4. The van der Waals surface area contributed by atoms with Crippen molar-refractivity contribution in [3.8, 4) is 16.6 Å². The number of aromatic nitrogens is 3. The van der Waals surface area contributed by atoms with Crippen LogP contribution in [0.25, 0.3) is 21.6 Å². The molecule has 3 saturated carbocycles. The van der Waals surface area contributed by atoms with Gasteiger partial charge in [0.2, 0.25) is 21.8 Å². The summed E-state index contributed by atoms with van der Waals surface area (Å²) in [6.07, 6.45) is 12.1. The Kier molecular flexibility index (Phi) is 14.5. The maximum Gasteiger partial charge on any atom is 0.408 e. The molecular formula is C49H69N7O8S2. The van der Waals surface area contributed by atoms with Crippen LogP contribution >= 0.6 is 11.3 Å². The number of hydrogen-bond donors (Lipinski definition) is 3. The number of alkyl carbamates (subject to hydrolysis) is 1. The molecular weight excluding hydrogens is 879 g/mol. The van der Waals surface area contributed by atoms with Crippen LogP contribution in [0, 0.1) is 11.8 Å². The first-order valence-electron chi connectivity index (χ1n) is 23.8. The Bertz CT molecular complexity index is 2430. The number of sulfonamides is 1. The van der Waals surface area contributed by atoms with Crippen molar-refractivity contribution in [2.45, 2.75) is 178 Å². The molecule has 1 saturated heterocycles. The van der Waals surface area contributed by atoms with Crippen LogP contribution in [-0.2, 0) is 29.1 Å². The van der Waals surface area contributed by atoms with Crippen molar-refractivity contribution in [2.24, 2.45) is 11.8 Å². The number of imidazole rings is 1. The third-order valence-electron chi connectivity index (χ3n) is 13.9. The quantitative estimate of drug-likeness (QED) is 0.0776. The summed E-state index contributed by atoms with van der Waals surface area (Å²) in [6.45, 7) is 20.3. The molecule has 4 aliphatic rings. The smallest absolute Gasteiger partial charge is 0.408 e. The summed E-state index contributed by atoms with van der Waals surface area (Å²) in [7, 11) is -4.03. The molecule has 0 unspecified atom stereocenters. The summed E-state index contributed by atoms with van der Waals surface area (Å²) < 4.78 is 42.2. The van der Waals surface area contributed by atoms with Crippen molar-refractivity contribution in [3.05, 3.63) is 54.6 Å². The molecule has 4 amide bonds. The predicted molar refractivity (Wildman–Crippen MR) is 256 cm³/mol. The number of nitrogens with one attached hydrogen (secondary N) is 3. The molecule has 3 N–H and O–H groups in total. The molecule has 3 heterocycles. The van der Waals surface area contributed by atoms with Gasteiger partial charge in [-0.25, -0.2) is 18.2 Å². The molecule has 4 fully saturated rings. The number of carbonyl (C=O) groups is 4. The number of benzene rings is 1. The van der Waals surface area contributed by atoms with E-state index in [1.165, 1.54) is 30.2 Å². The van der Waals surface area contributed by atoms with E-state index in [2.05, 4.69) is 33.9 Å². The van der Waals surface area contributed by atoms with E-state index >= 15 is 4.79 Å². The highest BCUT2D eigenvalue weighted by Crippen LogP contribution is 2.47. The highest BCUT2D eigenvalue weighted by atomic mass is 32.2. The fourth-order valence-electron chi connectivity index (χ4n) is 9.52. The van der Waals surface area contributed by atoms with Crippen molar-refractivity contribution in [3.63, 3.8) is 0 Å². The number of carbonyl (C=O) groups excluding carboxylic acids is 4. The van der Waals surface area contributed by atoms with E-state index in [0.29, 0.717) is 31.2 Å². The Labute approximate surface area is 394 Å². The van der Waals surface area contributed by atoms with Crippen LogP contribution in [0.3, 0.4) is 0 Å². The molecule has 2 aromatic heterocycles. The first kappa shape index (κ1) is 49.1. The molecule has 17 heteroatoms. The van der Waals surface area contributed by atoms with E-state index in [4.69, 9.17) is 19.4 Å². The van der Waals surface area contributed by atoms with Gasteiger partial charge in [0.1, 0.15) is 39.9 Å². The van der Waals surface area contributed by atoms with Crippen molar-refractivity contribution in [1.82, 2.24) is 34.8 Å². The fourth-order valence-corrected chi connectivity index (χ4v) is 11.8. The Morgan fingerprint density at radius 1 is 1.05 bits per heavy atom. The number of unbranched alkanes of at least 4 members (excludes halogenated alkanes) is 3. The number of allylic oxidation sites excluding steroid dienone is 1. The monoisotopic (exact) mass is 947 g/mol. The maximum atomic E-state index is 15.0. The highest BCUT2D eigenvalue weighted by molar-refractivity contribution is 7.91. The summed E-state index contributed by atoms with van der Waals surface area (Å²) >= 11 is 1.61. The van der Waals surface area contributed by atoms with Gasteiger partial charge in [0.25, 0.3) is 11.9 Å². The second-order valence-corrected chi connectivity index (χ2v) is 23.5. The minimum Gasteiger partial charge on any atom is -0.459 e. The van der Waals surface area contributed by atoms with Gasteiger partial charge in [-0.1, -0.05) is 57.2 Å². The topological polar surface area (TPSA) is 191 Å². The number of likely N-dealkylation sites (tertiary alicyclic amines) is 1. The molecule has 0 radical (unpaired) electrons. The van der Waals surface area contributed by atoms with E-state index < -0.39 is 79.7 Å². The van der Waals surface area contributed by atoms with Gasteiger partial charge in [-0.05, 0) is 105 Å². The molecule has 3 aromatic rings. The first-order valence-corrected chi connectivity index (χ1v) is 26.1. The van der Waals surface area contributed by atoms with Crippen LogP contribution in [0.2, 0.25) is 0 Å². The van der Waals surface area contributed by atoms with Gasteiger partial charge in [0, 0.05) is 34.7 Å². The molecule has 6 atom stereocenters. The molecule has 15 nitrogen and oxygen atoms in total. The molecule has 1 aliphatic heterocycles. The molecule has 3 aliphatic carbocycles. The van der Waals surface area contributed by atoms with Crippen LogP contribution in [0.5, 0.6) is 6.01 Å². The van der Waals surface area contributed by atoms with Crippen molar-refractivity contribution in [1.29, 1.82) is 0 Å². The number of amides is 4. The van der Waals surface area contributed by atoms with Gasteiger partial charge in [0.05, 0.1) is 22.5 Å². The summed E-state index contributed by atoms with van der Waals surface area (Å²) in [5.74, 6) is -2.78. The van der Waals surface area contributed by atoms with E-state index in [1.807, 2.05) is 49.6 Å². The van der Waals surface area contributed by atoms with Gasteiger partial charge in [0.15, 0.2) is 0 Å². The summed E-state index contributed by atoms with van der Waals surface area (Å²) in [4.78, 5) is 68.8. The molecule has 66 heavy (non-hydrogen) atoms. The van der Waals surface area contributed by atoms with Gasteiger partial charge in [-0.15, -0.1) is 24.5 Å². The van der Waals surface area contributed by atoms with Gasteiger partial charge >= 0.3 is 6.09 Å². The number of nitrogens with zero attached hydrogens (tertiary/aromatic N) is 4. The van der Waals surface area contributed by atoms with Crippen LogP contribution in [0.4, 0.5) is 4.79 Å². The summed E-state index contributed by atoms with van der Waals surface area (Å²) in [5, 5.41) is 8.75. The first-order chi connectivity index (χ1) is 31.2. The lowest BCUT2D eigenvalue weighted by atomic mass is 9.87. The number of thiazole rings is 1. The minimum atomic E-state index is -4.03. The summed E-state index contributed by atoms with van der Waals surface area (Å²) in [6, 6.07) is 3.99. The number of rotatable bonds is 19. The van der Waals surface area contributed by atoms with Gasteiger partial charge < -0.3 is 25.0 Å².